The van der Waals surface area contributed by atoms with Gasteiger partial charge in [-0.25, -0.2) is 0 Å². The maximum Gasteiger partial charge on any atom is 0.187 e. The first kappa shape index (κ1) is 37.7. The Morgan fingerprint density at radius 1 is 0.523 bits per heavy atom. The topological polar surface area (TPSA) is 344 Å². The molecule has 0 amide bonds. The molecule has 20 heteroatoms. The molecule has 6 unspecified atom stereocenters. The first-order chi connectivity index (χ1) is 20.8. The van der Waals surface area contributed by atoms with E-state index in [9.17, 15) is 66.4 Å². The lowest BCUT2D eigenvalue weighted by Gasteiger charge is -2.49. The van der Waals surface area contributed by atoms with Gasteiger partial charge in [-0.1, -0.05) is 0 Å². The number of aliphatic hydroxyl groups is 13. The molecule has 0 aliphatic carbocycles. The van der Waals surface area contributed by atoms with Gasteiger partial charge in [0.1, 0.15) is 91.6 Å². The zero-order chi connectivity index (χ0) is 32.9. The summed E-state index contributed by atoms with van der Waals surface area (Å²) < 4.78 is 33.5. The first-order valence-electron chi connectivity index (χ1n) is 14.0. The molecule has 3 saturated heterocycles. The minimum Gasteiger partial charge on any atom is -0.394 e. The molecule has 0 radical (unpaired) electrons. The Labute approximate surface area is 250 Å². The molecule has 0 saturated carbocycles. The van der Waals surface area contributed by atoms with E-state index in [1.165, 1.54) is 0 Å². The molecule has 44 heavy (non-hydrogen) atoms. The van der Waals surface area contributed by atoms with Crippen LogP contribution in [-0.4, -0.2) is 210 Å². The highest BCUT2D eigenvalue weighted by atomic mass is 16.8. The number of rotatable bonds is 14. The van der Waals surface area contributed by atoms with Crippen molar-refractivity contribution in [3.63, 3.8) is 0 Å². The Kier molecular flexibility index (Phi) is 14.4. The van der Waals surface area contributed by atoms with Crippen LogP contribution >= 0.6 is 0 Å². The van der Waals surface area contributed by atoms with Crippen molar-refractivity contribution in [3.05, 3.63) is 0 Å². The third-order valence-electron chi connectivity index (χ3n) is 7.68. The second-order valence-corrected chi connectivity index (χ2v) is 10.8. The predicted octanol–water partition coefficient (Wildman–Crippen LogP) is -9.12. The minimum absolute atomic E-state index is 0.0820. The summed E-state index contributed by atoms with van der Waals surface area (Å²) in [7, 11) is 0. The summed E-state index contributed by atoms with van der Waals surface area (Å²) in [5.74, 6) is 0. The van der Waals surface area contributed by atoms with Crippen LogP contribution in [0, 0.1) is 0 Å². The van der Waals surface area contributed by atoms with Gasteiger partial charge >= 0.3 is 0 Å². The van der Waals surface area contributed by atoms with Crippen molar-refractivity contribution in [2.24, 2.45) is 5.73 Å². The van der Waals surface area contributed by atoms with Crippen LogP contribution in [0.4, 0.5) is 0 Å². The van der Waals surface area contributed by atoms with Gasteiger partial charge in [0, 0.05) is 0 Å². The van der Waals surface area contributed by atoms with E-state index in [2.05, 4.69) is 0 Å². The van der Waals surface area contributed by atoms with E-state index in [0.717, 1.165) is 0 Å². The number of nitrogens with two attached hydrogens (primary N) is 1. The maximum atomic E-state index is 11.0. The standard InChI is InChI=1S/C24H45NO19/c25-2-1-3-39-23-20(14(36)12(34)18(41-23)8(30)5-27)44-24-21(15(37)13(35)19(42-24)9(31)6-28)43-22-16(38)10(32)11(33)17(40-22)7(29)4-26/h7-24,26-38H,1-6,25H2/t7-,8-,9-,10+,11+,12+,13+,14+,15+,16?,17?,18?,19?,20?,21?,22-,23+,24-/m1/s1. The van der Waals surface area contributed by atoms with Gasteiger partial charge in [0.2, 0.25) is 0 Å². The van der Waals surface area contributed by atoms with Crippen molar-refractivity contribution >= 4 is 0 Å². The normalized spacial score (nSPS) is 45.5. The molecule has 260 valence electrons. The summed E-state index contributed by atoms with van der Waals surface area (Å²) in [5.41, 5.74) is 5.49. The quantitative estimate of drug-likeness (QED) is 0.0775. The van der Waals surface area contributed by atoms with Crippen LogP contribution in [0.2, 0.25) is 0 Å². The van der Waals surface area contributed by atoms with Gasteiger partial charge in [-0.3, -0.25) is 0 Å². The maximum absolute atomic E-state index is 11.0. The van der Waals surface area contributed by atoms with Gasteiger partial charge in [0.15, 0.2) is 18.9 Å². The summed E-state index contributed by atoms with van der Waals surface area (Å²) >= 11 is 0. The van der Waals surface area contributed by atoms with Crippen LogP contribution in [0.15, 0.2) is 0 Å². The molecular formula is C24H45NO19. The van der Waals surface area contributed by atoms with Crippen molar-refractivity contribution < 1.29 is 94.8 Å². The highest BCUT2D eigenvalue weighted by molar-refractivity contribution is 4.98. The third-order valence-corrected chi connectivity index (χ3v) is 7.68. The molecule has 0 aromatic heterocycles. The summed E-state index contributed by atoms with van der Waals surface area (Å²) in [6, 6.07) is 0. The lowest BCUT2D eigenvalue weighted by atomic mass is 9.93. The molecule has 0 aromatic carbocycles. The Bertz CT molecular complexity index is 847. The van der Waals surface area contributed by atoms with Crippen LogP contribution < -0.4 is 5.73 Å². The average molecular weight is 652 g/mol. The Morgan fingerprint density at radius 3 is 1.36 bits per heavy atom. The first-order valence-corrected chi connectivity index (χ1v) is 14.0. The summed E-state index contributed by atoms with van der Waals surface area (Å²) in [6.45, 7) is -2.66. The van der Waals surface area contributed by atoms with E-state index >= 15 is 0 Å². The Morgan fingerprint density at radius 2 is 0.909 bits per heavy atom. The van der Waals surface area contributed by atoms with E-state index in [1.807, 2.05) is 0 Å². The summed E-state index contributed by atoms with van der Waals surface area (Å²) in [4.78, 5) is 0. The van der Waals surface area contributed by atoms with E-state index in [1.54, 1.807) is 0 Å². The Hall–Kier alpha value is -0.800. The minimum atomic E-state index is -2.08. The van der Waals surface area contributed by atoms with E-state index in [4.69, 9.17) is 34.2 Å². The van der Waals surface area contributed by atoms with Crippen LogP contribution in [0.25, 0.3) is 0 Å². The lowest BCUT2D eigenvalue weighted by molar-refractivity contribution is -0.399. The van der Waals surface area contributed by atoms with E-state index in [-0.39, 0.29) is 19.6 Å². The zero-order valence-corrected chi connectivity index (χ0v) is 23.5. The lowest BCUT2D eigenvalue weighted by Crippen LogP contribution is -2.68. The van der Waals surface area contributed by atoms with Crippen molar-refractivity contribution in [1.82, 2.24) is 0 Å². The van der Waals surface area contributed by atoms with E-state index < -0.39 is 130 Å². The highest BCUT2D eigenvalue weighted by Gasteiger charge is 2.56. The van der Waals surface area contributed by atoms with Crippen molar-refractivity contribution in [2.75, 3.05) is 33.0 Å². The largest absolute Gasteiger partial charge is 0.394 e. The van der Waals surface area contributed by atoms with E-state index in [0.29, 0.717) is 0 Å². The number of ether oxygens (including phenoxy) is 6. The fourth-order valence-electron chi connectivity index (χ4n) is 5.10. The molecule has 0 bridgehead atoms. The third kappa shape index (κ3) is 8.18. The van der Waals surface area contributed by atoms with Gasteiger partial charge in [-0.2, -0.15) is 0 Å². The van der Waals surface area contributed by atoms with Gasteiger partial charge in [-0.15, -0.1) is 0 Å². The molecule has 0 aromatic rings. The molecule has 3 fully saturated rings. The van der Waals surface area contributed by atoms with Gasteiger partial charge in [-0.05, 0) is 13.0 Å². The van der Waals surface area contributed by atoms with Crippen LogP contribution in [0.5, 0.6) is 0 Å². The zero-order valence-electron chi connectivity index (χ0n) is 23.5. The smallest absolute Gasteiger partial charge is 0.187 e. The SMILES string of the molecule is NCCCO[C@H]1OC([C@H](O)CO)[C@@H](O)[C@H](O)C1O[C@H]1OC([C@H](O)CO)[C@@H](O)[C@H](O)C1O[C@H]1OC([C@H](O)CO)[C@@H](O)[C@H](O)C1O. The van der Waals surface area contributed by atoms with Crippen LogP contribution in [0.3, 0.4) is 0 Å². The molecule has 15 N–H and O–H groups in total. The molecule has 20 nitrogen and oxygen atoms in total. The molecule has 3 aliphatic rings. The van der Waals surface area contributed by atoms with Gasteiger partial charge < -0.3 is 101 Å². The highest BCUT2D eigenvalue weighted by Crippen LogP contribution is 2.34. The fourth-order valence-corrected chi connectivity index (χ4v) is 5.10. The number of hydrogen-bond donors (Lipinski definition) is 14. The van der Waals surface area contributed by atoms with Crippen molar-refractivity contribution in [3.8, 4) is 0 Å². The number of aliphatic hydroxyl groups excluding tert-OH is 13. The second kappa shape index (κ2) is 16.9. The predicted molar refractivity (Wildman–Crippen MR) is 137 cm³/mol. The molecule has 3 rings (SSSR count). The number of hydrogen-bond acceptors (Lipinski definition) is 20. The molecule has 3 aliphatic heterocycles. The molecule has 0 spiro atoms. The summed E-state index contributed by atoms with van der Waals surface area (Å²) in [5, 5.41) is 133. The molecule has 3 heterocycles. The van der Waals surface area contributed by atoms with Gasteiger partial charge in [0.05, 0.1) is 26.4 Å². The monoisotopic (exact) mass is 651 g/mol. The fraction of sp³-hybridized carbons (Fsp3) is 1.00. The van der Waals surface area contributed by atoms with Crippen molar-refractivity contribution in [2.45, 2.75) is 117 Å². The average Bonchev–Trinajstić information content (AvgIpc) is 3.02. The summed E-state index contributed by atoms with van der Waals surface area (Å²) in [6.07, 6.45) is -33.1. The van der Waals surface area contributed by atoms with Crippen LogP contribution in [0.1, 0.15) is 6.42 Å². The molecule has 18 atom stereocenters. The second-order valence-electron chi connectivity index (χ2n) is 10.8. The van der Waals surface area contributed by atoms with Gasteiger partial charge in [0.25, 0.3) is 0 Å². The molecular weight excluding hydrogens is 606 g/mol. The van der Waals surface area contributed by atoms with Crippen molar-refractivity contribution in [1.29, 1.82) is 0 Å². The van der Waals surface area contributed by atoms with Crippen LogP contribution in [-0.2, 0) is 28.4 Å². The Balaban J connectivity index is 1.94.